The van der Waals surface area contributed by atoms with Crippen molar-refractivity contribution < 1.29 is 17.9 Å². The van der Waals surface area contributed by atoms with E-state index in [1.54, 1.807) is 4.90 Å². The predicted molar refractivity (Wildman–Crippen MR) is 165 cm³/mol. The summed E-state index contributed by atoms with van der Waals surface area (Å²) >= 11 is 1.81. The molecule has 2 fully saturated rings. The average Bonchev–Trinajstić information content (AvgIpc) is 3.46. The van der Waals surface area contributed by atoms with Crippen molar-refractivity contribution in [2.75, 3.05) is 26.2 Å². The van der Waals surface area contributed by atoms with Crippen LogP contribution in [0.25, 0.3) is 0 Å². The standard InChI is InChI=1S/C32H37N3O4S2/c1-4-20-39-30(36)35-23-29(21-28(35)22-34-24-31(2,3)33-41(34,37)38)40-32(25-14-8-5-9-15-25,26-16-10-6-11-17-26)27-18-12-7-13-19-27/h4-19,28-29,33H,1,20-24H2,2-3H3/t28-,29-/m0/s1. The van der Waals surface area contributed by atoms with Gasteiger partial charge in [-0.05, 0) is 37.0 Å². The van der Waals surface area contributed by atoms with Crippen LogP contribution in [0.4, 0.5) is 4.79 Å². The quantitative estimate of drug-likeness (QED) is 0.266. The zero-order valence-electron chi connectivity index (χ0n) is 23.5. The summed E-state index contributed by atoms with van der Waals surface area (Å²) in [5.41, 5.74) is 2.84. The molecule has 216 valence electrons. The van der Waals surface area contributed by atoms with E-state index in [9.17, 15) is 13.2 Å². The van der Waals surface area contributed by atoms with Gasteiger partial charge in [-0.15, -0.1) is 11.8 Å². The SMILES string of the molecule is C=CCOC(=O)N1C[C@@H](SC(c2ccccc2)(c2ccccc2)c2ccccc2)C[C@H]1CN1CC(C)(C)NS1(=O)=O. The highest BCUT2D eigenvalue weighted by Gasteiger charge is 2.47. The molecule has 9 heteroatoms. The minimum absolute atomic E-state index is 0.00294. The molecule has 2 saturated heterocycles. The Kier molecular flexibility index (Phi) is 8.61. The maximum Gasteiger partial charge on any atom is 0.410 e. The lowest BCUT2D eigenvalue weighted by Gasteiger charge is -2.37. The van der Waals surface area contributed by atoms with Gasteiger partial charge in [-0.2, -0.15) is 17.4 Å². The van der Waals surface area contributed by atoms with Gasteiger partial charge in [0.2, 0.25) is 0 Å². The van der Waals surface area contributed by atoms with Crippen molar-refractivity contribution >= 4 is 28.1 Å². The van der Waals surface area contributed by atoms with E-state index in [-0.39, 0.29) is 24.4 Å². The van der Waals surface area contributed by atoms with Gasteiger partial charge < -0.3 is 9.64 Å². The van der Waals surface area contributed by atoms with E-state index >= 15 is 0 Å². The Morgan fingerprint density at radius 1 is 1.00 bits per heavy atom. The maximum atomic E-state index is 13.3. The van der Waals surface area contributed by atoms with Crippen molar-refractivity contribution in [3.05, 3.63) is 120 Å². The number of carbonyl (C=O) groups excluding carboxylic acids is 1. The van der Waals surface area contributed by atoms with E-state index < -0.39 is 26.6 Å². The molecule has 3 aromatic rings. The number of nitrogens with one attached hydrogen (secondary N) is 1. The lowest BCUT2D eigenvalue weighted by atomic mass is 9.84. The summed E-state index contributed by atoms with van der Waals surface area (Å²) in [5.74, 6) is 0. The van der Waals surface area contributed by atoms with Crippen molar-refractivity contribution in [1.29, 1.82) is 0 Å². The summed E-state index contributed by atoms with van der Waals surface area (Å²) in [6.07, 6.45) is 1.71. The molecule has 1 N–H and O–H groups in total. The third-order valence-electron chi connectivity index (χ3n) is 7.55. The van der Waals surface area contributed by atoms with Crippen molar-refractivity contribution in [3.63, 3.8) is 0 Å². The Morgan fingerprint density at radius 3 is 1.95 bits per heavy atom. The summed E-state index contributed by atoms with van der Waals surface area (Å²) in [6.45, 7) is 8.46. The number of nitrogens with zero attached hydrogens (tertiary/aromatic N) is 2. The first-order valence-corrected chi connectivity index (χ1v) is 16.1. The van der Waals surface area contributed by atoms with Gasteiger partial charge in [0.15, 0.2) is 0 Å². The molecule has 2 aliphatic rings. The molecular formula is C32H37N3O4S2. The molecule has 0 aliphatic carbocycles. The maximum absolute atomic E-state index is 13.3. The molecule has 2 atom stereocenters. The molecule has 0 radical (unpaired) electrons. The number of benzene rings is 3. The molecule has 5 rings (SSSR count). The first-order valence-electron chi connectivity index (χ1n) is 13.8. The molecule has 0 aromatic heterocycles. The zero-order valence-corrected chi connectivity index (χ0v) is 25.1. The molecule has 0 saturated carbocycles. The second kappa shape index (κ2) is 12.0. The topological polar surface area (TPSA) is 79.0 Å². The fraction of sp³-hybridized carbons (Fsp3) is 0.344. The van der Waals surface area contributed by atoms with Crippen LogP contribution in [0.5, 0.6) is 0 Å². The number of carbonyl (C=O) groups is 1. The van der Waals surface area contributed by atoms with Crippen LogP contribution in [0.15, 0.2) is 104 Å². The van der Waals surface area contributed by atoms with Gasteiger partial charge in [0.25, 0.3) is 10.2 Å². The van der Waals surface area contributed by atoms with E-state index in [1.807, 2.05) is 43.8 Å². The summed E-state index contributed by atoms with van der Waals surface area (Å²) in [4.78, 5) is 15.0. The zero-order chi connectivity index (χ0) is 29.1. The molecular weight excluding hydrogens is 555 g/mol. The lowest BCUT2D eigenvalue weighted by molar-refractivity contribution is 0.104. The van der Waals surface area contributed by atoms with Gasteiger partial charge in [0, 0.05) is 30.4 Å². The van der Waals surface area contributed by atoms with E-state index in [1.165, 1.54) is 10.4 Å². The van der Waals surface area contributed by atoms with Crippen LogP contribution in [0.3, 0.4) is 0 Å². The van der Waals surface area contributed by atoms with Crippen molar-refractivity contribution in [2.45, 2.75) is 41.8 Å². The van der Waals surface area contributed by atoms with Crippen LogP contribution < -0.4 is 4.72 Å². The minimum Gasteiger partial charge on any atom is -0.445 e. The van der Waals surface area contributed by atoms with E-state index in [2.05, 4.69) is 84.1 Å². The van der Waals surface area contributed by atoms with Gasteiger partial charge in [-0.1, -0.05) is 104 Å². The smallest absolute Gasteiger partial charge is 0.410 e. The number of thioether (sulfide) groups is 1. The van der Waals surface area contributed by atoms with Gasteiger partial charge in [0.1, 0.15) is 6.61 Å². The number of hydrogen-bond donors (Lipinski definition) is 1. The van der Waals surface area contributed by atoms with Crippen molar-refractivity contribution in [2.24, 2.45) is 0 Å². The van der Waals surface area contributed by atoms with Gasteiger partial charge in [0.05, 0.1) is 10.8 Å². The van der Waals surface area contributed by atoms with E-state index in [0.717, 1.165) is 16.7 Å². The Morgan fingerprint density at radius 2 is 1.51 bits per heavy atom. The average molecular weight is 592 g/mol. The van der Waals surface area contributed by atoms with E-state index in [0.29, 0.717) is 19.5 Å². The number of hydrogen-bond acceptors (Lipinski definition) is 5. The number of likely N-dealkylation sites (tertiary alicyclic amines) is 1. The summed E-state index contributed by atoms with van der Waals surface area (Å²) < 4.78 is 35.0. The summed E-state index contributed by atoms with van der Waals surface area (Å²) in [5, 5.41) is 0.00294. The molecule has 0 bridgehead atoms. The van der Waals surface area contributed by atoms with Crippen LogP contribution in [0.1, 0.15) is 37.0 Å². The van der Waals surface area contributed by atoms with Gasteiger partial charge in [-0.25, -0.2) is 4.79 Å². The highest BCUT2D eigenvalue weighted by molar-refractivity contribution is 8.01. The predicted octanol–water partition coefficient (Wildman–Crippen LogP) is 5.41. The van der Waals surface area contributed by atoms with Gasteiger partial charge in [-0.3, -0.25) is 0 Å². The number of ether oxygens (including phenoxy) is 1. The number of rotatable bonds is 9. The molecule has 1 amide bonds. The third kappa shape index (κ3) is 6.23. The fourth-order valence-electron chi connectivity index (χ4n) is 5.91. The van der Waals surface area contributed by atoms with Crippen LogP contribution >= 0.6 is 11.8 Å². The third-order valence-corrected chi connectivity index (χ3v) is 11.1. The van der Waals surface area contributed by atoms with Crippen LogP contribution in [-0.2, 0) is 19.7 Å². The molecule has 0 spiro atoms. The molecule has 0 unspecified atom stereocenters. The summed E-state index contributed by atoms with van der Waals surface area (Å²) in [7, 11) is -3.65. The molecule has 7 nitrogen and oxygen atoms in total. The highest BCUT2D eigenvalue weighted by Crippen LogP contribution is 2.52. The fourth-order valence-corrected chi connectivity index (χ4v) is 9.53. The Bertz CT molecular complexity index is 1350. The highest BCUT2D eigenvalue weighted by atomic mass is 32.2. The normalized spacial score (nSPS) is 22.0. The second-order valence-electron chi connectivity index (χ2n) is 11.2. The van der Waals surface area contributed by atoms with Crippen LogP contribution in [-0.4, -0.2) is 66.8 Å². The minimum atomic E-state index is -3.65. The Balaban J connectivity index is 1.53. The van der Waals surface area contributed by atoms with Gasteiger partial charge >= 0.3 is 6.09 Å². The molecule has 41 heavy (non-hydrogen) atoms. The molecule has 2 aliphatic heterocycles. The Labute approximate surface area is 247 Å². The van der Waals surface area contributed by atoms with Crippen molar-refractivity contribution in [1.82, 2.24) is 13.9 Å². The second-order valence-corrected chi connectivity index (χ2v) is 14.4. The van der Waals surface area contributed by atoms with Crippen LogP contribution in [0, 0.1) is 0 Å². The monoisotopic (exact) mass is 591 g/mol. The van der Waals surface area contributed by atoms with Crippen molar-refractivity contribution in [3.8, 4) is 0 Å². The molecule has 3 aromatic carbocycles. The first-order chi connectivity index (χ1) is 19.6. The summed E-state index contributed by atoms with van der Waals surface area (Å²) in [6, 6.07) is 31.0. The Hall–Kier alpha value is -3.11. The lowest BCUT2D eigenvalue weighted by Crippen LogP contribution is -2.44. The van der Waals surface area contributed by atoms with E-state index in [4.69, 9.17) is 4.74 Å². The number of amides is 1. The first kappa shape index (κ1) is 29.4. The molecule has 2 heterocycles. The largest absolute Gasteiger partial charge is 0.445 e. The van der Waals surface area contributed by atoms with Crippen LogP contribution in [0.2, 0.25) is 0 Å².